The Morgan fingerprint density at radius 1 is 0.470 bits per heavy atom. The SMILES string of the molecule is C1=C(c2ccccc2)C=C(n2c3ccccc3c3ccccc32)NC1c1ccc2sc3oc4ccc(-c5cc(-c6ccccc6)cc(-n6c7ccccc7c7ccccc76)n5)cc4c3c2c1. The fraction of sp³-hybridized carbons (Fsp3) is 0.0167. The Morgan fingerprint density at radius 3 is 1.71 bits per heavy atom. The maximum absolute atomic E-state index is 6.66. The number of fused-ring (bicyclic) bond motifs is 11. The summed E-state index contributed by atoms with van der Waals surface area (Å²) in [5.74, 6) is 1.92. The molecule has 13 aromatic rings. The van der Waals surface area contributed by atoms with E-state index < -0.39 is 0 Å². The number of aromatic nitrogens is 3. The highest BCUT2D eigenvalue weighted by Crippen LogP contribution is 2.44. The minimum Gasteiger partial charge on any atom is -0.445 e. The van der Waals surface area contributed by atoms with Gasteiger partial charge in [0.25, 0.3) is 0 Å². The fourth-order valence-corrected chi connectivity index (χ4v) is 11.4. The quantitative estimate of drug-likeness (QED) is 0.181. The van der Waals surface area contributed by atoms with Crippen LogP contribution in [0.3, 0.4) is 0 Å². The molecule has 1 aliphatic heterocycles. The number of hydrogen-bond acceptors (Lipinski definition) is 4. The zero-order chi connectivity index (χ0) is 43.3. The van der Waals surface area contributed by atoms with Crippen molar-refractivity contribution in [1.29, 1.82) is 0 Å². The van der Waals surface area contributed by atoms with Crippen molar-refractivity contribution in [2.24, 2.45) is 0 Å². The molecular weight excluding hydrogens is 825 g/mol. The van der Waals surface area contributed by atoms with Gasteiger partial charge >= 0.3 is 0 Å². The molecule has 1 N–H and O–H groups in total. The lowest BCUT2D eigenvalue weighted by Crippen LogP contribution is -2.25. The van der Waals surface area contributed by atoms with Gasteiger partial charge in [-0.15, -0.1) is 0 Å². The second-order valence-electron chi connectivity index (χ2n) is 17.2. The number of dihydropyridines is 1. The summed E-state index contributed by atoms with van der Waals surface area (Å²) >= 11 is 1.71. The Bertz CT molecular complexity index is 4040. The van der Waals surface area contributed by atoms with E-state index in [9.17, 15) is 0 Å². The molecular formula is C60H38N4OS. The van der Waals surface area contributed by atoms with Crippen molar-refractivity contribution in [1.82, 2.24) is 19.4 Å². The van der Waals surface area contributed by atoms with Crippen LogP contribution in [0, 0.1) is 0 Å². The van der Waals surface area contributed by atoms with Crippen LogP contribution in [0.4, 0.5) is 0 Å². The van der Waals surface area contributed by atoms with Crippen LogP contribution in [0.15, 0.2) is 223 Å². The van der Waals surface area contributed by atoms with E-state index in [1.807, 2.05) is 0 Å². The van der Waals surface area contributed by atoms with E-state index in [0.717, 1.165) is 66.3 Å². The molecule has 0 aliphatic carbocycles. The largest absolute Gasteiger partial charge is 0.445 e. The maximum atomic E-state index is 6.66. The van der Waals surface area contributed by atoms with Crippen LogP contribution >= 0.6 is 11.3 Å². The Kier molecular flexibility index (Phi) is 8.15. The van der Waals surface area contributed by atoms with E-state index in [2.05, 4.69) is 233 Å². The molecule has 0 amide bonds. The summed E-state index contributed by atoms with van der Waals surface area (Å²) in [5, 5.41) is 12.3. The number of allylic oxidation sites excluding steroid dienone is 2. The first kappa shape index (κ1) is 37.0. The Morgan fingerprint density at radius 2 is 1.06 bits per heavy atom. The van der Waals surface area contributed by atoms with E-state index in [0.29, 0.717) is 0 Å². The molecule has 66 heavy (non-hydrogen) atoms. The van der Waals surface area contributed by atoms with Gasteiger partial charge < -0.3 is 9.73 Å². The highest BCUT2D eigenvalue weighted by atomic mass is 32.1. The summed E-state index contributed by atoms with van der Waals surface area (Å²) in [5.41, 5.74) is 13.2. The molecule has 6 heterocycles. The number of thiophene rings is 1. The number of para-hydroxylation sites is 4. The van der Waals surface area contributed by atoms with E-state index in [1.54, 1.807) is 11.3 Å². The number of nitrogens with zero attached hydrogens (tertiary/aromatic N) is 3. The molecule has 6 heteroatoms. The van der Waals surface area contributed by atoms with E-state index in [1.165, 1.54) is 59.4 Å². The first-order valence-electron chi connectivity index (χ1n) is 22.4. The van der Waals surface area contributed by atoms with Crippen molar-refractivity contribution in [2.75, 3.05) is 0 Å². The lowest BCUT2D eigenvalue weighted by atomic mass is 9.95. The molecule has 5 nitrogen and oxygen atoms in total. The molecule has 0 saturated heterocycles. The van der Waals surface area contributed by atoms with Crippen LogP contribution in [0.2, 0.25) is 0 Å². The Hall–Kier alpha value is -8.45. The predicted octanol–water partition coefficient (Wildman–Crippen LogP) is 16.0. The molecule has 0 radical (unpaired) electrons. The van der Waals surface area contributed by atoms with Crippen molar-refractivity contribution < 1.29 is 4.42 Å². The average Bonchev–Trinajstić information content (AvgIpc) is 4.13. The minimum absolute atomic E-state index is 0.0996. The molecule has 0 fully saturated rings. The Balaban J connectivity index is 0.925. The topological polar surface area (TPSA) is 47.9 Å². The van der Waals surface area contributed by atoms with Crippen LogP contribution in [-0.4, -0.2) is 14.1 Å². The van der Waals surface area contributed by atoms with Gasteiger partial charge in [0.05, 0.1) is 33.8 Å². The van der Waals surface area contributed by atoms with Crippen LogP contribution in [0.1, 0.15) is 17.2 Å². The van der Waals surface area contributed by atoms with E-state index in [-0.39, 0.29) is 6.04 Å². The van der Waals surface area contributed by atoms with Gasteiger partial charge in [-0.2, -0.15) is 0 Å². The normalized spacial score (nSPS) is 14.2. The third-order valence-corrected chi connectivity index (χ3v) is 14.4. The first-order valence-corrected chi connectivity index (χ1v) is 23.2. The van der Waals surface area contributed by atoms with Gasteiger partial charge in [0, 0.05) is 48.0 Å². The molecule has 0 bridgehead atoms. The van der Waals surface area contributed by atoms with Crippen molar-refractivity contribution in [3.05, 3.63) is 230 Å². The van der Waals surface area contributed by atoms with Gasteiger partial charge in [0.2, 0.25) is 0 Å². The summed E-state index contributed by atoms with van der Waals surface area (Å²) < 4.78 is 12.5. The highest BCUT2D eigenvalue weighted by molar-refractivity contribution is 7.25. The van der Waals surface area contributed by atoms with Gasteiger partial charge in [-0.3, -0.25) is 9.13 Å². The van der Waals surface area contributed by atoms with Gasteiger partial charge in [0.1, 0.15) is 17.2 Å². The molecule has 5 aromatic heterocycles. The van der Waals surface area contributed by atoms with Gasteiger partial charge in [-0.25, -0.2) is 4.98 Å². The van der Waals surface area contributed by atoms with Crippen LogP contribution in [0.25, 0.3) is 115 Å². The second-order valence-corrected chi connectivity index (χ2v) is 18.2. The monoisotopic (exact) mass is 862 g/mol. The fourth-order valence-electron chi connectivity index (χ4n) is 10.4. The van der Waals surface area contributed by atoms with Crippen LogP contribution < -0.4 is 5.32 Å². The van der Waals surface area contributed by atoms with Crippen molar-refractivity contribution in [3.8, 4) is 28.2 Å². The molecule has 14 rings (SSSR count). The third-order valence-electron chi connectivity index (χ3n) is 13.4. The summed E-state index contributed by atoms with van der Waals surface area (Å²) in [6, 6.07) is 73.8. The van der Waals surface area contributed by atoms with E-state index in [4.69, 9.17) is 9.40 Å². The number of furan rings is 1. The lowest BCUT2D eigenvalue weighted by Gasteiger charge is -2.27. The van der Waals surface area contributed by atoms with Crippen LogP contribution in [-0.2, 0) is 0 Å². The number of hydrogen-bond donors (Lipinski definition) is 1. The summed E-state index contributed by atoms with van der Waals surface area (Å²) in [7, 11) is 0. The zero-order valence-corrected chi connectivity index (χ0v) is 36.3. The predicted molar refractivity (Wildman–Crippen MR) is 276 cm³/mol. The maximum Gasteiger partial charge on any atom is 0.190 e. The first-order chi connectivity index (χ1) is 32.7. The molecule has 8 aromatic carbocycles. The minimum atomic E-state index is -0.0996. The number of rotatable bonds is 6. The standard InChI is InChI=1S/C60H38N4OS/c1-3-15-37(16-4-1)41-33-49(61-57(35-41)63-51-23-11-7-19-43(51)44-20-8-12-24-52(44)63)39-27-29-55-47(31-39)59-48-32-40(28-30-56(48)66-60(59)65-55)50-34-42(38-17-5-2-6-18-38)36-58(62-50)64-53-25-13-9-21-45(53)46-22-10-14-26-54(46)64/h1-36,50,62H. The Labute approximate surface area is 383 Å². The lowest BCUT2D eigenvalue weighted by molar-refractivity contribution is 0.678. The zero-order valence-electron chi connectivity index (χ0n) is 35.5. The molecule has 310 valence electrons. The summed E-state index contributed by atoms with van der Waals surface area (Å²) in [4.78, 5) is 6.40. The van der Waals surface area contributed by atoms with E-state index >= 15 is 0 Å². The van der Waals surface area contributed by atoms with Crippen LogP contribution in [0.5, 0.6) is 0 Å². The van der Waals surface area contributed by atoms with Gasteiger partial charge in [-0.1, -0.05) is 151 Å². The molecule has 1 aliphatic rings. The third kappa shape index (κ3) is 5.75. The molecule has 0 spiro atoms. The van der Waals surface area contributed by atoms with Crippen molar-refractivity contribution in [2.45, 2.75) is 6.04 Å². The van der Waals surface area contributed by atoms with Gasteiger partial charge in [-0.05, 0) is 107 Å². The smallest absolute Gasteiger partial charge is 0.190 e. The molecule has 0 saturated carbocycles. The summed E-state index contributed by atoms with van der Waals surface area (Å²) in [6.07, 6.45) is 4.66. The second kappa shape index (κ2) is 14.5. The highest BCUT2D eigenvalue weighted by Gasteiger charge is 2.24. The number of benzene rings is 8. The number of nitrogens with one attached hydrogen (secondary N) is 1. The van der Waals surface area contributed by atoms with Gasteiger partial charge in [0.15, 0.2) is 4.90 Å². The number of pyridine rings is 1. The summed E-state index contributed by atoms with van der Waals surface area (Å²) in [6.45, 7) is 0. The average molecular weight is 863 g/mol. The van der Waals surface area contributed by atoms with Crippen molar-refractivity contribution >= 4 is 97.7 Å². The molecule has 1 atom stereocenters. The van der Waals surface area contributed by atoms with Crippen molar-refractivity contribution in [3.63, 3.8) is 0 Å². The molecule has 1 unspecified atom stereocenters.